The second-order valence-electron chi connectivity index (χ2n) is 4.53. The maximum absolute atomic E-state index is 5.54. The van der Waals surface area contributed by atoms with Gasteiger partial charge in [0.1, 0.15) is 6.10 Å². The average Bonchev–Trinajstić information content (AvgIpc) is 2.80. The fourth-order valence-corrected chi connectivity index (χ4v) is 2.58. The zero-order chi connectivity index (χ0) is 11.0. The highest BCUT2D eigenvalue weighted by Gasteiger charge is 2.36. The Hall–Kier alpha value is -1.57. The molecule has 0 spiro atoms. The molecule has 3 rings (SSSR count). The molecular weight excluding hydrogens is 198 g/mol. The number of rotatable bonds is 1. The summed E-state index contributed by atoms with van der Waals surface area (Å²) in [6, 6.07) is 10.3. The van der Waals surface area contributed by atoms with Crippen LogP contribution in [0.25, 0.3) is 0 Å². The first-order valence-corrected chi connectivity index (χ1v) is 5.82. The first-order valence-electron chi connectivity index (χ1n) is 5.82. The van der Waals surface area contributed by atoms with E-state index in [0.29, 0.717) is 11.8 Å². The molecule has 2 heteroatoms. The molecule has 0 radical (unpaired) electrons. The quantitative estimate of drug-likeness (QED) is 0.657. The number of nitrogens with zero attached hydrogens (tertiary/aromatic N) is 1. The van der Waals surface area contributed by atoms with Gasteiger partial charge in [-0.3, -0.25) is 0 Å². The minimum atomic E-state index is 0.197. The predicted molar refractivity (Wildman–Crippen MR) is 64.3 cm³/mol. The van der Waals surface area contributed by atoms with Gasteiger partial charge in [0.05, 0.1) is 5.71 Å². The van der Waals surface area contributed by atoms with Crippen LogP contribution in [0.5, 0.6) is 0 Å². The van der Waals surface area contributed by atoms with E-state index in [-0.39, 0.29) is 6.10 Å². The van der Waals surface area contributed by atoms with Crippen LogP contribution in [0, 0.1) is 11.8 Å². The first kappa shape index (κ1) is 9.64. The molecule has 0 saturated heterocycles. The monoisotopic (exact) mass is 213 g/mol. The van der Waals surface area contributed by atoms with Crippen LogP contribution in [0.15, 0.2) is 47.6 Å². The molecule has 0 fully saturated rings. The van der Waals surface area contributed by atoms with Gasteiger partial charge in [-0.1, -0.05) is 48.5 Å². The molecule has 2 aliphatic rings. The smallest absolute Gasteiger partial charge is 0.149 e. The second-order valence-corrected chi connectivity index (χ2v) is 4.53. The zero-order valence-corrected chi connectivity index (χ0v) is 9.34. The lowest BCUT2D eigenvalue weighted by Gasteiger charge is -2.30. The van der Waals surface area contributed by atoms with Crippen molar-refractivity contribution in [3.63, 3.8) is 0 Å². The Kier molecular flexibility index (Phi) is 2.28. The lowest BCUT2D eigenvalue weighted by molar-refractivity contribution is 0.0311. The van der Waals surface area contributed by atoms with Gasteiger partial charge >= 0.3 is 0 Å². The van der Waals surface area contributed by atoms with E-state index in [2.05, 4.69) is 36.4 Å². The van der Waals surface area contributed by atoms with E-state index in [1.54, 1.807) is 0 Å². The van der Waals surface area contributed by atoms with Crippen LogP contribution in [0.2, 0.25) is 0 Å². The highest BCUT2D eigenvalue weighted by atomic mass is 16.6. The van der Waals surface area contributed by atoms with Crippen LogP contribution >= 0.6 is 0 Å². The van der Waals surface area contributed by atoms with Crippen molar-refractivity contribution < 1.29 is 4.84 Å². The molecule has 3 atom stereocenters. The summed E-state index contributed by atoms with van der Waals surface area (Å²) in [5.41, 5.74) is 2.27. The van der Waals surface area contributed by atoms with Crippen molar-refractivity contribution in [1.29, 1.82) is 0 Å². The third kappa shape index (κ3) is 1.45. The van der Waals surface area contributed by atoms with Crippen LogP contribution in [0.4, 0.5) is 0 Å². The molecule has 1 aliphatic carbocycles. The minimum absolute atomic E-state index is 0.197. The number of oxime groups is 1. The van der Waals surface area contributed by atoms with Gasteiger partial charge in [0.25, 0.3) is 0 Å². The number of fused-ring (bicyclic) bond motifs is 1. The molecule has 0 N–H and O–H groups in total. The van der Waals surface area contributed by atoms with Crippen molar-refractivity contribution in [3.05, 3.63) is 48.0 Å². The van der Waals surface area contributed by atoms with Crippen molar-refractivity contribution in [2.24, 2.45) is 17.0 Å². The number of hydrogen-bond donors (Lipinski definition) is 0. The van der Waals surface area contributed by atoms with Gasteiger partial charge in [-0.05, 0) is 18.1 Å². The third-order valence-corrected chi connectivity index (χ3v) is 3.57. The molecule has 0 aromatic heterocycles. The molecule has 0 bridgehead atoms. The summed E-state index contributed by atoms with van der Waals surface area (Å²) in [7, 11) is 0. The Morgan fingerprint density at radius 2 is 2.06 bits per heavy atom. The predicted octanol–water partition coefficient (Wildman–Crippen LogP) is 3.00. The number of benzene rings is 1. The third-order valence-electron chi connectivity index (χ3n) is 3.57. The molecule has 1 aromatic rings. The second kappa shape index (κ2) is 3.78. The van der Waals surface area contributed by atoms with Crippen molar-refractivity contribution in [2.45, 2.75) is 19.4 Å². The van der Waals surface area contributed by atoms with Gasteiger partial charge in [0, 0.05) is 11.8 Å². The molecular formula is C14H15NO. The molecule has 0 amide bonds. The van der Waals surface area contributed by atoms with E-state index in [4.69, 9.17) is 4.84 Å². The van der Waals surface area contributed by atoms with Crippen LogP contribution in [0.1, 0.15) is 18.9 Å². The summed E-state index contributed by atoms with van der Waals surface area (Å²) < 4.78 is 0. The average molecular weight is 213 g/mol. The summed E-state index contributed by atoms with van der Waals surface area (Å²) in [5, 5.41) is 4.29. The first-order chi connectivity index (χ1) is 7.86. The van der Waals surface area contributed by atoms with E-state index in [1.807, 2.05) is 18.2 Å². The van der Waals surface area contributed by atoms with Gasteiger partial charge in [0.15, 0.2) is 0 Å². The Labute approximate surface area is 95.6 Å². The van der Waals surface area contributed by atoms with Gasteiger partial charge in [-0.15, -0.1) is 0 Å². The topological polar surface area (TPSA) is 21.6 Å². The molecule has 82 valence electrons. The summed E-state index contributed by atoms with van der Waals surface area (Å²) in [6.07, 6.45) is 5.64. The zero-order valence-electron chi connectivity index (χ0n) is 9.34. The minimum Gasteiger partial charge on any atom is -0.388 e. The number of allylic oxidation sites excluding steroid dienone is 1. The maximum atomic E-state index is 5.54. The lowest BCUT2D eigenvalue weighted by Crippen LogP contribution is -2.33. The fourth-order valence-electron chi connectivity index (χ4n) is 2.58. The summed E-state index contributed by atoms with van der Waals surface area (Å²) in [4.78, 5) is 5.54. The fraction of sp³-hybridized carbons (Fsp3) is 0.357. The molecule has 0 unspecified atom stereocenters. The van der Waals surface area contributed by atoms with Crippen molar-refractivity contribution in [3.8, 4) is 0 Å². The standard InChI is InChI=1S/C14H15NO/c1-10-12-8-5-9-13(12)16-15-14(10)11-6-3-2-4-7-11/h2-7,9-10,12-13H,8H2,1H3/t10-,12-,13-/m0/s1. The normalized spacial score (nSPS) is 31.8. The SMILES string of the molecule is C[C@@H]1C(c2ccccc2)=NO[C@H]2C=CC[C@H]21. The maximum Gasteiger partial charge on any atom is 0.149 e. The van der Waals surface area contributed by atoms with Crippen molar-refractivity contribution >= 4 is 5.71 Å². The van der Waals surface area contributed by atoms with Gasteiger partial charge in [-0.25, -0.2) is 0 Å². The lowest BCUT2D eigenvalue weighted by atomic mass is 9.83. The van der Waals surface area contributed by atoms with Crippen LogP contribution in [0.3, 0.4) is 0 Å². The van der Waals surface area contributed by atoms with Crippen LogP contribution < -0.4 is 0 Å². The Bertz CT molecular complexity index is 435. The van der Waals surface area contributed by atoms with Gasteiger partial charge in [-0.2, -0.15) is 0 Å². The summed E-state index contributed by atoms with van der Waals surface area (Å²) in [5.74, 6) is 1.03. The van der Waals surface area contributed by atoms with E-state index in [0.717, 1.165) is 12.1 Å². The summed E-state index contributed by atoms with van der Waals surface area (Å²) >= 11 is 0. The Morgan fingerprint density at radius 3 is 2.88 bits per heavy atom. The van der Waals surface area contributed by atoms with E-state index < -0.39 is 0 Å². The Morgan fingerprint density at radius 1 is 1.25 bits per heavy atom. The van der Waals surface area contributed by atoms with Crippen molar-refractivity contribution in [1.82, 2.24) is 0 Å². The van der Waals surface area contributed by atoms with Gasteiger partial charge < -0.3 is 4.84 Å². The molecule has 2 nitrogen and oxygen atoms in total. The largest absolute Gasteiger partial charge is 0.388 e. The number of hydrogen-bond acceptors (Lipinski definition) is 2. The molecule has 1 aliphatic heterocycles. The van der Waals surface area contributed by atoms with Gasteiger partial charge in [0.2, 0.25) is 0 Å². The highest BCUT2D eigenvalue weighted by Crippen LogP contribution is 2.34. The highest BCUT2D eigenvalue weighted by molar-refractivity contribution is 6.02. The van der Waals surface area contributed by atoms with Crippen LogP contribution in [-0.4, -0.2) is 11.8 Å². The van der Waals surface area contributed by atoms with E-state index in [1.165, 1.54) is 5.56 Å². The molecule has 1 heterocycles. The van der Waals surface area contributed by atoms with E-state index in [9.17, 15) is 0 Å². The summed E-state index contributed by atoms with van der Waals surface area (Å²) in [6.45, 7) is 2.25. The van der Waals surface area contributed by atoms with Crippen molar-refractivity contribution in [2.75, 3.05) is 0 Å². The Balaban J connectivity index is 1.93. The molecule has 16 heavy (non-hydrogen) atoms. The van der Waals surface area contributed by atoms with E-state index >= 15 is 0 Å². The van der Waals surface area contributed by atoms with Crippen LogP contribution in [-0.2, 0) is 4.84 Å². The molecule has 0 saturated carbocycles. The molecule has 1 aromatic carbocycles.